The Balaban J connectivity index is 3.10. The summed E-state index contributed by atoms with van der Waals surface area (Å²) in [7, 11) is 0. The van der Waals surface area contributed by atoms with Gasteiger partial charge in [0.25, 0.3) is 0 Å². The van der Waals surface area contributed by atoms with E-state index in [2.05, 4.69) is 39.8 Å². The van der Waals surface area contributed by atoms with Crippen molar-refractivity contribution in [2.45, 2.75) is 59.4 Å². The molecule has 0 radical (unpaired) electrons. The molecule has 1 atom stereocenters. The van der Waals surface area contributed by atoms with Crippen LogP contribution in [0.2, 0.25) is 0 Å². The van der Waals surface area contributed by atoms with Crippen LogP contribution in [0.15, 0.2) is 12.1 Å². The molecule has 2 nitrogen and oxygen atoms in total. The van der Waals surface area contributed by atoms with Crippen LogP contribution in [-0.2, 0) is 6.42 Å². The third kappa shape index (κ3) is 4.02. The Morgan fingerprint density at radius 1 is 1.22 bits per heavy atom. The Kier molecular flexibility index (Phi) is 5.67. The van der Waals surface area contributed by atoms with Gasteiger partial charge in [0, 0.05) is 6.04 Å². The van der Waals surface area contributed by atoms with Gasteiger partial charge in [-0.25, -0.2) is 0 Å². The summed E-state index contributed by atoms with van der Waals surface area (Å²) < 4.78 is 5.85. The standard InChI is InChI=1S/C16H27NO/c1-6-7-18-16-8-12(4)15(11(2)3)10-14(16)9-13(5)17/h8,10-11,13H,6-7,9,17H2,1-5H3. The lowest BCUT2D eigenvalue weighted by molar-refractivity contribution is 0.313. The van der Waals surface area contributed by atoms with Crippen molar-refractivity contribution in [3.8, 4) is 5.75 Å². The van der Waals surface area contributed by atoms with Crippen molar-refractivity contribution < 1.29 is 4.74 Å². The highest BCUT2D eigenvalue weighted by Crippen LogP contribution is 2.29. The zero-order chi connectivity index (χ0) is 13.7. The lowest BCUT2D eigenvalue weighted by Crippen LogP contribution is -2.18. The Bertz CT molecular complexity index is 383. The zero-order valence-corrected chi connectivity index (χ0v) is 12.4. The smallest absolute Gasteiger partial charge is 0.122 e. The predicted molar refractivity (Wildman–Crippen MR) is 78.4 cm³/mol. The van der Waals surface area contributed by atoms with E-state index in [-0.39, 0.29) is 6.04 Å². The molecule has 0 aliphatic heterocycles. The number of hydrogen-bond donors (Lipinski definition) is 1. The Morgan fingerprint density at radius 2 is 1.89 bits per heavy atom. The Labute approximate surface area is 112 Å². The first kappa shape index (κ1) is 15.0. The van der Waals surface area contributed by atoms with Crippen LogP contribution >= 0.6 is 0 Å². The van der Waals surface area contributed by atoms with Crippen LogP contribution in [0.3, 0.4) is 0 Å². The highest BCUT2D eigenvalue weighted by molar-refractivity contribution is 5.44. The van der Waals surface area contributed by atoms with Crippen LogP contribution in [0.25, 0.3) is 0 Å². The van der Waals surface area contributed by atoms with E-state index in [1.165, 1.54) is 16.7 Å². The minimum Gasteiger partial charge on any atom is -0.493 e. The molecule has 1 unspecified atom stereocenters. The second kappa shape index (κ2) is 6.79. The molecular formula is C16H27NO. The van der Waals surface area contributed by atoms with Crippen molar-refractivity contribution in [1.82, 2.24) is 0 Å². The van der Waals surface area contributed by atoms with Crippen molar-refractivity contribution in [3.05, 3.63) is 28.8 Å². The summed E-state index contributed by atoms with van der Waals surface area (Å²) in [5.41, 5.74) is 9.88. The lowest BCUT2D eigenvalue weighted by atomic mass is 9.93. The van der Waals surface area contributed by atoms with E-state index in [9.17, 15) is 0 Å². The van der Waals surface area contributed by atoms with Crippen LogP contribution in [0, 0.1) is 6.92 Å². The summed E-state index contributed by atoms with van der Waals surface area (Å²) in [6.07, 6.45) is 1.90. The average molecular weight is 249 g/mol. The van der Waals surface area contributed by atoms with E-state index in [1.54, 1.807) is 0 Å². The molecule has 0 aromatic heterocycles. The SMILES string of the molecule is CCCOc1cc(C)c(C(C)C)cc1CC(C)N. The summed E-state index contributed by atoms with van der Waals surface area (Å²) >= 11 is 0. The molecule has 2 heteroatoms. The van der Waals surface area contributed by atoms with E-state index < -0.39 is 0 Å². The molecule has 102 valence electrons. The van der Waals surface area contributed by atoms with Gasteiger partial charge in [0.1, 0.15) is 5.75 Å². The normalized spacial score (nSPS) is 12.8. The number of ether oxygens (including phenoxy) is 1. The van der Waals surface area contributed by atoms with Crippen molar-refractivity contribution in [2.75, 3.05) is 6.61 Å². The van der Waals surface area contributed by atoms with Gasteiger partial charge in [-0.1, -0.05) is 26.8 Å². The third-order valence-electron chi connectivity index (χ3n) is 3.07. The topological polar surface area (TPSA) is 35.2 Å². The molecule has 1 rings (SSSR count). The maximum Gasteiger partial charge on any atom is 0.122 e. The van der Waals surface area contributed by atoms with Gasteiger partial charge in [0.15, 0.2) is 0 Å². The fourth-order valence-corrected chi connectivity index (χ4v) is 2.22. The van der Waals surface area contributed by atoms with E-state index in [0.717, 1.165) is 25.2 Å². The van der Waals surface area contributed by atoms with Crippen LogP contribution in [-0.4, -0.2) is 12.6 Å². The van der Waals surface area contributed by atoms with Gasteiger partial charge < -0.3 is 10.5 Å². The van der Waals surface area contributed by atoms with E-state index in [0.29, 0.717) is 5.92 Å². The van der Waals surface area contributed by atoms with Crippen LogP contribution in [0.5, 0.6) is 5.75 Å². The molecule has 0 bridgehead atoms. The van der Waals surface area contributed by atoms with Gasteiger partial charge in [-0.3, -0.25) is 0 Å². The number of rotatable bonds is 6. The average Bonchev–Trinajstić information content (AvgIpc) is 2.28. The Morgan fingerprint density at radius 3 is 2.39 bits per heavy atom. The van der Waals surface area contributed by atoms with Crippen LogP contribution < -0.4 is 10.5 Å². The number of aryl methyl sites for hydroxylation is 1. The quantitative estimate of drug-likeness (QED) is 0.832. The molecule has 0 saturated heterocycles. The summed E-state index contributed by atoms with van der Waals surface area (Å²) in [6, 6.07) is 4.61. The van der Waals surface area contributed by atoms with Crippen LogP contribution in [0.1, 0.15) is 56.7 Å². The molecule has 0 amide bonds. The van der Waals surface area contributed by atoms with Gasteiger partial charge in [0.2, 0.25) is 0 Å². The monoisotopic (exact) mass is 249 g/mol. The summed E-state index contributed by atoms with van der Waals surface area (Å²) in [5.74, 6) is 1.55. The number of hydrogen-bond acceptors (Lipinski definition) is 2. The van der Waals surface area contributed by atoms with E-state index in [1.807, 2.05) is 6.92 Å². The fourth-order valence-electron chi connectivity index (χ4n) is 2.22. The van der Waals surface area contributed by atoms with Crippen molar-refractivity contribution >= 4 is 0 Å². The number of benzene rings is 1. The molecule has 2 N–H and O–H groups in total. The first-order valence-electron chi connectivity index (χ1n) is 6.97. The van der Waals surface area contributed by atoms with E-state index >= 15 is 0 Å². The van der Waals surface area contributed by atoms with Gasteiger partial charge in [0.05, 0.1) is 6.61 Å². The van der Waals surface area contributed by atoms with Crippen molar-refractivity contribution in [2.24, 2.45) is 5.73 Å². The summed E-state index contributed by atoms with van der Waals surface area (Å²) in [4.78, 5) is 0. The lowest BCUT2D eigenvalue weighted by Gasteiger charge is -2.18. The molecule has 0 aliphatic rings. The fraction of sp³-hybridized carbons (Fsp3) is 0.625. The second-order valence-corrected chi connectivity index (χ2v) is 5.50. The maximum atomic E-state index is 5.93. The molecule has 0 saturated carbocycles. The highest BCUT2D eigenvalue weighted by Gasteiger charge is 2.12. The largest absolute Gasteiger partial charge is 0.493 e. The van der Waals surface area contributed by atoms with Gasteiger partial charge >= 0.3 is 0 Å². The molecule has 18 heavy (non-hydrogen) atoms. The minimum atomic E-state index is 0.164. The number of nitrogens with two attached hydrogens (primary N) is 1. The van der Waals surface area contributed by atoms with Gasteiger partial charge in [-0.15, -0.1) is 0 Å². The minimum absolute atomic E-state index is 0.164. The zero-order valence-electron chi connectivity index (χ0n) is 12.4. The first-order valence-corrected chi connectivity index (χ1v) is 6.97. The molecule has 0 spiro atoms. The molecular weight excluding hydrogens is 222 g/mol. The van der Waals surface area contributed by atoms with Crippen LogP contribution in [0.4, 0.5) is 0 Å². The molecule has 0 fully saturated rings. The van der Waals surface area contributed by atoms with Crippen molar-refractivity contribution in [3.63, 3.8) is 0 Å². The Hall–Kier alpha value is -1.02. The summed E-state index contributed by atoms with van der Waals surface area (Å²) in [6.45, 7) is 11.5. The van der Waals surface area contributed by atoms with Gasteiger partial charge in [-0.2, -0.15) is 0 Å². The van der Waals surface area contributed by atoms with Gasteiger partial charge in [-0.05, 0) is 55.4 Å². The van der Waals surface area contributed by atoms with E-state index in [4.69, 9.17) is 10.5 Å². The first-order chi connectivity index (χ1) is 8.45. The molecule has 0 heterocycles. The summed E-state index contributed by atoms with van der Waals surface area (Å²) in [5, 5.41) is 0. The highest BCUT2D eigenvalue weighted by atomic mass is 16.5. The molecule has 1 aromatic rings. The van der Waals surface area contributed by atoms with Crippen molar-refractivity contribution in [1.29, 1.82) is 0 Å². The maximum absolute atomic E-state index is 5.93. The third-order valence-corrected chi connectivity index (χ3v) is 3.07. The molecule has 1 aromatic carbocycles. The molecule has 0 aliphatic carbocycles. The predicted octanol–water partition coefficient (Wildman–Crippen LogP) is 3.80. The second-order valence-electron chi connectivity index (χ2n) is 5.50.